The second-order valence-electron chi connectivity index (χ2n) is 5.77. The van der Waals surface area contributed by atoms with Crippen LogP contribution in [0.2, 0.25) is 0 Å². The summed E-state index contributed by atoms with van der Waals surface area (Å²) >= 11 is 0. The zero-order valence-electron chi connectivity index (χ0n) is 17.1. The van der Waals surface area contributed by atoms with E-state index in [0.29, 0.717) is 0 Å². The van der Waals surface area contributed by atoms with Crippen LogP contribution in [0.1, 0.15) is 49.9 Å². The second kappa shape index (κ2) is 12.0. The third-order valence-corrected chi connectivity index (χ3v) is 3.84. The molecule has 26 heavy (non-hydrogen) atoms. The summed E-state index contributed by atoms with van der Waals surface area (Å²) in [7, 11) is 0. The van der Waals surface area contributed by atoms with Gasteiger partial charge in [0.25, 0.3) is 0 Å². The summed E-state index contributed by atoms with van der Waals surface area (Å²) in [5, 5.41) is 0. The van der Waals surface area contributed by atoms with Crippen LogP contribution >= 0.6 is 0 Å². The predicted octanol–water partition coefficient (Wildman–Crippen LogP) is 6.60. The van der Waals surface area contributed by atoms with Crippen LogP contribution in [0.4, 0.5) is 0 Å². The number of hydrogen-bond acceptors (Lipinski definition) is 2. The molecule has 0 saturated heterocycles. The Hall–Kier alpha value is -2.48. The maximum atomic E-state index is 4.49. The summed E-state index contributed by atoms with van der Waals surface area (Å²) in [6.45, 7) is 12.2. The van der Waals surface area contributed by atoms with E-state index in [1.54, 1.807) is 0 Å². The van der Waals surface area contributed by atoms with Crippen molar-refractivity contribution in [3.63, 3.8) is 0 Å². The van der Waals surface area contributed by atoms with Gasteiger partial charge in [0.15, 0.2) is 5.82 Å². The van der Waals surface area contributed by atoms with Crippen molar-refractivity contribution >= 4 is 0 Å². The first-order chi connectivity index (χ1) is 12.7. The Morgan fingerprint density at radius 1 is 0.577 bits per heavy atom. The van der Waals surface area contributed by atoms with Crippen molar-refractivity contribution < 1.29 is 0 Å². The fourth-order valence-corrected chi connectivity index (χ4v) is 2.38. The van der Waals surface area contributed by atoms with Crippen LogP contribution in [-0.4, -0.2) is 9.97 Å². The molecule has 0 aliphatic heterocycles. The second-order valence-corrected chi connectivity index (χ2v) is 5.77. The molecule has 1 heterocycles. The lowest BCUT2D eigenvalue weighted by Gasteiger charge is -2.04. The maximum Gasteiger partial charge on any atom is 0.159 e. The molecule has 0 amide bonds. The molecule has 0 bridgehead atoms. The molecule has 0 saturated carbocycles. The lowest BCUT2D eigenvalue weighted by Crippen LogP contribution is -1.95. The normalized spacial score (nSPS) is 9.46. The standard InChI is InChI=1S/C20H20N2.2C2H6/c1-15-3-7-17(8-4-15)9-10-18-13-21-20(22-14-18)19-11-5-16(2)6-12-19;2*1-2/h3-8,11-14H,9-10H2,1-2H3;2*1-2H3. The SMILES string of the molecule is CC.CC.Cc1ccc(CCc2cnc(-c3ccc(C)cc3)nc2)cc1. The van der Waals surface area contributed by atoms with Crippen molar-refractivity contribution in [2.45, 2.75) is 54.4 Å². The molecule has 0 unspecified atom stereocenters. The Balaban J connectivity index is 0.000000791. The van der Waals surface area contributed by atoms with E-state index in [4.69, 9.17) is 0 Å². The van der Waals surface area contributed by atoms with E-state index in [9.17, 15) is 0 Å². The summed E-state index contributed by atoms with van der Waals surface area (Å²) < 4.78 is 0. The number of nitrogens with zero attached hydrogens (tertiary/aromatic N) is 2. The number of rotatable bonds is 4. The van der Waals surface area contributed by atoms with Crippen molar-refractivity contribution in [3.8, 4) is 11.4 Å². The fraction of sp³-hybridized carbons (Fsp3) is 0.333. The predicted molar refractivity (Wildman–Crippen MR) is 113 cm³/mol. The first kappa shape index (κ1) is 21.6. The van der Waals surface area contributed by atoms with Crippen molar-refractivity contribution in [2.75, 3.05) is 0 Å². The lowest BCUT2D eigenvalue weighted by molar-refractivity contribution is 0.934. The van der Waals surface area contributed by atoms with Crippen LogP contribution in [0.25, 0.3) is 11.4 Å². The summed E-state index contributed by atoms with van der Waals surface area (Å²) in [4.78, 5) is 8.99. The molecule has 138 valence electrons. The van der Waals surface area contributed by atoms with Gasteiger partial charge in [0.1, 0.15) is 0 Å². The van der Waals surface area contributed by atoms with E-state index in [1.165, 1.54) is 22.3 Å². The molecule has 3 aromatic rings. The zero-order chi connectivity index (χ0) is 19.4. The Morgan fingerprint density at radius 2 is 1.00 bits per heavy atom. The third-order valence-electron chi connectivity index (χ3n) is 3.84. The summed E-state index contributed by atoms with van der Waals surface area (Å²) in [5.41, 5.74) is 6.15. The monoisotopic (exact) mass is 348 g/mol. The quantitative estimate of drug-likeness (QED) is 0.531. The van der Waals surface area contributed by atoms with Crippen molar-refractivity contribution in [2.24, 2.45) is 0 Å². The summed E-state index contributed by atoms with van der Waals surface area (Å²) in [5.74, 6) is 0.791. The third kappa shape index (κ3) is 6.79. The maximum absolute atomic E-state index is 4.49. The van der Waals surface area contributed by atoms with Crippen molar-refractivity contribution in [1.29, 1.82) is 0 Å². The minimum Gasteiger partial charge on any atom is -0.236 e. The van der Waals surface area contributed by atoms with Crippen LogP contribution in [-0.2, 0) is 12.8 Å². The largest absolute Gasteiger partial charge is 0.236 e. The highest BCUT2D eigenvalue weighted by atomic mass is 14.9. The first-order valence-electron chi connectivity index (χ1n) is 9.64. The van der Waals surface area contributed by atoms with Gasteiger partial charge in [0.2, 0.25) is 0 Å². The van der Waals surface area contributed by atoms with Gasteiger partial charge in [0, 0.05) is 18.0 Å². The van der Waals surface area contributed by atoms with Gasteiger partial charge in [-0.05, 0) is 37.8 Å². The summed E-state index contributed by atoms with van der Waals surface area (Å²) in [6, 6.07) is 17.0. The van der Waals surface area contributed by atoms with Crippen LogP contribution in [0.3, 0.4) is 0 Å². The molecule has 3 rings (SSSR count). The smallest absolute Gasteiger partial charge is 0.159 e. The van der Waals surface area contributed by atoms with Gasteiger partial charge in [-0.2, -0.15) is 0 Å². The van der Waals surface area contributed by atoms with Gasteiger partial charge >= 0.3 is 0 Å². The molecular weight excluding hydrogens is 316 g/mol. The molecule has 2 nitrogen and oxygen atoms in total. The van der Waals surface area contributed by atoms with Crippen molar-refractivity contribution in [1.82, 2.24) is 9.97 Å². The minimum atomic E-state index is 0.791. The number of hydrogen-bond donors (Lipinski definition) is 0. The van der Waals surface area contributed by atoms with E-state index in [-0.39, 0.29) is 0 Å². The molecule has 0 atom stereocenters. The van der Waals surface area contributed by atoms with Gasteiger partial charge in [-0.15, -0.1) is 0 Å². The van der Waals surface area contributed by atoms with E-state index < -0.39 is 0 Å². The molecule has 1 aromatic heterocycles. The molecule has 0 fully saturated rings. The molecule has 0 radical (unpaired) electrons. The highest BCUT2D eigenvalue weighted by Gasteiger charge is 2.02. The topological polar surface area (TPSA) is 25.8 Å². The van der Waals surface area contributed by atoms with E-state index in [2.05, 4.69) is 72.3 Å². The van der Waals surface area contributed by atoms with E-state index in [0.717, 1.165) is 24.2 Å². The average Bonchev–Trinajstić information content (AvgIpc) is 2.72. The molecule has 0 N–H and O–H groups in total. The number of benzene rings is 2. The first-order valence-corrected chi connectivity index (χ1v) is 9.64. The van der Waals surface area contributed by atoms with E-state index >= 15 is 0 Å². The van der Waals surface area contributed by atoms with Gasteiger partial charge in [0.05, 0.1) is 0 Å². The Morgan fingerprint density at radius 3 is 1.50 bits per heavy atom. The van der Waals surface area contributed by atoms with Gasteiger partial charge in [-0.1, -0.05) is 87.4 Å². The van der Waals surface area contributed by atoms with E-state index in [1.807, 2.05) is 40.1 Å². The Bertz CT molecular complexity index is 727. The van der Waals surface area contributed by atoms with Gasteiger partial charge < -0.3 is 0 Å². The molecule has 0 spiro atoms. The molecule has 0 aliphatic rings. The Labute approximate surface area is 159 Å². The molecular formula is C24H32N2. The number of aryl methyl sites for hydroxylation is 4. The number of aromatic nitrogens is 2. The van der Waals surface area contributed by atoms with Crippen LogP contribution in [0, 0.1) is 13.8 Å². The van der Waals surface area contributed by atoms with Crippen LogP contribution in [0.5, 0.6) is 0 Å². The van der Waals surface area contributed by atoms with Crippen LogP contribution < -0.4 is 0 Å². The highest BCUT2D eigenvalue weighted by Crippen LogP contribution is 2.15. The average molecular weight is 349 g/mol. The summed E-state index contributed by atoms with van der Waals surface area (Å²) in [6.07, 6.45) is 5.87. The van der Waals surface area contributed by atoms with Gasteiger partial charge in [-0.25, -0.2) is 9.97 Å². The lowest BCUT2D eigenvalue weighted by atomic mass is 10.1. The molecule has 2 aromatic carbocycles. The van der Waals surface area contributed by atoms with Crippen molar-refractivity contribution in [3.05, 3.63) is 83.2 Å². The molecule has 0 aliphatic carbocycles. The fourth-order valence-electron chi connectivity index (χ4n) is 2.38. The zero-order valence-corrected chi connectivity index (χ0v) is 17.1. The highest BCUT2D eigenvalue weighted by molar-refractivity contribution is 5.54. The Kier molecular flexibility index (Phi) is 9.93. The van der Waals surface area contributed by atoms with Crippen LogP contribution in [0.15, 0.2) is 60.9 Å². The molecule has 2 heteroatoms. The van der Waals surface area contributed by atoms with Gasteiger partial charge in [-0.3, -0.25) is 0 Å². The minimum absolute atomic E-state index is 0.791.